The molecular weight excluding hydrogens is 322 g/mol. The number of carbonyl (C=O) groups excluding carboxylic acids is 1. The van der Waals surface area contributed by atoms with Crippen molar-refractivity contribution in [3.05, 3.63) is 0 Å². The van der Waals surface area contributed by atoms with E-state index in [1.54, 1.807) is 0 Å². The standard InChI is InChI=1S/C23H47NO2/c1-3-4-5-6-7-8-9-10-11-12-13-14-15-16-17-20-23(25)26-22(2)19-18-21-24/h22H,3-21,24H2,1-2H3. The number of unbranched alkanes of at least 4 members (excludes halogenated alkanes) is 14. The molecule has 2 N–H and O–H groups in total. The monoisotopic (exact) mass is 369 g/mol. The Hall–Kier alpha value is -0.570. The molecule has 3 nitrogen and oxygen atoms in total. The third kappa shape index (κ3) is 19.8. The van der Waals surface area contributed by atoms with Crippen molar-refractivity contribution in [1.29, 1.82) is 0 Å². The van der Waals surface area contributed by atoms with Crippen molar-refractivity contribution < 1.29 is 9.53 Å². The van der Waals surface area contributed by atoms with Gasteiger partial charge in [0.1, 0.15) is 0 Å². The molecule has 0 spiro atoms. The van der Waals surface area contributed by atoms with Gasteiger partial charge in [-0.05, 0) is 32.7 Å². The number of hydrogen-bond acceptors (Lipinski definition) is 3. The first-order valence-electron chi connectivity index (χ1n) is 11.6. The van der Waals surface area contributed by atoms with Crippen molar-refractivity contribution in [2.75, 3.05) is 6.54 Å². The molecule has 0 fully saturated rings. The van der Waals surface area contributed by atoms with Crippen molar-refractivity contribution in [3.8, 4) is 0 Å². The number of rotatable bonds is 20. The highest BCUT2D eigenvalue weighted by atomic mass is 16.5. The van der Waals surface area contributed by atoms with E-state index in [0.29, 0.717) is 13.0 Å². The summed E-state index contributed by atoms with van der Waals surface area (Å²) >= 11 is 0. The number of hydrogen-bond donors (Lipinski definition) is 1. The van der Waals surface area contributed by atoms with E-state index in [1.807, 2.05) is 6.92 Å². The summed E-state index contributed by atoms with van der Waals surface area (Å²) < 4.78 is 5.38. The van der Waals surface area contributed by atoms with Crippen LogP contribution in [0, 0.1) is 0 Å². The van der Waals surface area contributed by atoms with E-state index in [4.69, 9.17) is 10.5 Å². The molecule has 156 valence electrons. The Kier molecular flexibility index (Phi) is 20.3. The van der Waals surface area contributed by atoms with Crippen LogP contribution in [0.2, 0.25) is 0 Å². The van der Waals surface area contributed by atoms with Crippen LogP contribution in [0.1, 0.15) is 129 Å². The largest absolute Gasteiger partial charge is 0.463 e. The molecule has 26 heavy (non-hydrogen) atoms. The van der Waals surface area contributed by atoms with Gasteiger partial charge in [0.25, 0.3) is 0 Å². The van der Waals surface area contributed by atoms with Gasteiger partial charge in [-0.3, -0.25) is 4.79 Å². The summed E-state index contributed by atoms with van der Waals surface area (Å²) in [4.78, 5) is 11.7. The molecule has 0 aliphatic heterocycles. The summed E-state index contributed by atoms with van der Waals surface area (Å²) in [6.07, 6.45) is 22.6. The van der Waals surface area contributed by atoms with Gasteiger partial charge in [0.05, 0.1) is 6.10 Å². The Balaban J connectivity index is 3.18. The summed E-state index contributed by atoms with van der Waals surface area (Å²) in [5.74, 6) is -0.0378. The smallest absolute Gasteiger partial charge is 0.306 e. The van der Waals surface area contributed by atoms with Crippen molar-refractivity contribution in [2.24, 2.45) is 5.73 Å². The Morgan fingerprint density at radius 1 is 0.731 bits per heavy atom. The Morgan fingerprint density at radius 2 is 1.15 bits per heavy atom. The second-order valence-corrected chi connectivity index (χ2v) is 7.93. The van der Waals surface area contributed by atoms with Crippen LogP contribution in [0.25, 0.3) is 0 Å². The average Bonchev–Trinajstić information content (AvgIpc) is 2.63. The Labute approximate surface area is 163 Å². The molecule has 0 heterocycles. The first-order valence-corrected chi connectivity index (χ1v) is 11.6. The third-order valence-electron chi connectivity index (χ3n) is 5.13. The molecule has 0 saturated heterocycles. The molecule has 0 saturated carbocycles. The third-order valence-corrected chi connectivity index (χ3v) is 5.13. The summed E-state index contributed by atoms with van der Waals surface area (Å²) in [6, 6.07) is 0. The zero-order chi connectivity index (χ0) is 19.3. The van der Waals surface area contributed by atoms with Gasteiger partial charge in [-0.2, -0.15) is 0 Å². The fourth-order valence-corrected chi connectivity index (χ4v) is 3.39. The highest BCUT2D eigenvalue weighted by Gasteiger charge is 2.08. The van der Waals surface area contributed by atoms with Crippen molar-refractivity contribution in [1.82, 2.24) is 0 Å². The van der Waals surface area contributed by atoms with E-state index in [0.717, 1.165) is 25.7 Å². The van der Waals surface area contributed by atoms with Crippen molar-refractivity contribution in [3.63, 3.8) is 0 Å². The lowest BCUT2D eigenvalue weighted by Gasteiger charge is -2.12. The van der Waals surface area contributed by atoms with E-state index in [2.05, 4.69) is 6.92 Å². The van der Waals surface area contributed by atoms with Crippen LogP contribution >= 0.6 is 0 Å². The zero-order valence-corrected chi connectivity index (χ0v) is 17.9. The maximum atomic E-state index is 11.7. The molecule has 1 atom stereocenters. The van der Waals surface area contributed by atoms with E-state index in [-0.39, 0.29) is 12.1 Å². The molecule has 0 rings (SSSR count). The topological polar surface area (TPSA) is 52.3 Å². The Bertz CT molecular complexity index is 294. The molecule has 0 amide bonds. The number of nitrogens with two attached hydrogens (primary N) is 1. The van der Waals surface area contributed by atoms with E-state index >= 15 is 0 Å². The van der Waals surface area contributed by atoms with E-state index in [9.17, 15) is 4.79 Å². The van der Waals surface area contributed by atoms with Gasteiger partial charge in [-0.1, -0.05) is 96.8 Å². The predicted molar refractivity (Wildman–Crippen MR) is 113 cm³/mol. The highest BCUT2D eigenvalue weighted by molar-refractivity contribution is 5.69. The maximum absolute atomic E-state index is 11.7. The minimum absolute atomic E-state index is 0.0161. The van der Waals surface area contributed by atoms with Crippen molar-refractivity contribution in [2.45, 2.75) is 136 Å². The summed E-state index contributed by atoms with van der Waals surface area (Å²) in [7, 11) is 0. The highest BCUT2D eigenvalue weighted by Crippen LogP contribution is 2.14. The average molecular weight is 370 g/mol. The quantitative estimate of drug-likeness (QED) is 0.187. The van der Waals surface area contributed by atoms with Gasteiger partial charge in [0.15, 0.2) is 0 Å². The van der Waals surface area contributed by atoms with Crippen molar-refractivity contribution >= 4 is 5.97 Å². The molecule has 0 radical (unpaired) electrons. The molecule has 0 bridgehead atoms. The lowest BCUT2D eigenvalue weighted by atomic mass is 10.0. The van der Waals surface area contributed by atoms with Crippen LogP contribution in [-0.4, -0.2) is 18.6 Å². The van der Waals surface area contributed by atoms with Gasteiger partial charge in [-0.15, -0.1) is 0 Å². The van der Waals surface area contributed by atoms with Gasteiger partial charge in [0.2, 0.25) is 0 Å². The first-order chi connectivity index (χ1) is 12.7. The molecule has 0 aliphatic carbocycles. The number of ether oxygens (including phenoxy) is 1. The van der Waals surface area contributed by atoms with Crippen LogP contribution in [0.3, 0.4) is 0 Å². The van der Waals surface area contributed by atoms with Gasteiger partial charge >= 0.3 is 5.97 Å². The normalized spacial score (nSPS) is 12.3. The number of carbonyl (C=O) groups is 1. The molecule has 3 heteroatoms. The van der Waals surface area contributed by atoms with Gasteiger partial charge in [-0.25, -0.2) is 0 Å². The Morgan fingerprint density at radius 3 is 1.58 bits per heavy atom. The maximum Gasteiger partial charge on any atom is 0.306 e. The first kappa shape index (κ1) is 25.4. The molecule has 0 aromatic heterocycles. The lowest BCUT2D eigenvalue weighted by molar-refractivity contribution is -0.148. The zero-order valence-electron chi connectivity index (χ0n) is 17.9. The lowest BCUT2D eigenvalue weighted by Crippen LogP contribution is -2.16. The van der Waals surface area contributed by atoms with Crippen LogP contribution in [0.4, 0.5) is 0 Å². The predicted octanol–water partition coefficient (Wildman–Crippen LogP) is 6.92. The molecular formula is C23H47NO2. The van der Waals surface area contributed by atoms with Crippen LogP contribution in [0.15, 0.2) is 0 Å². The summed E-state index contributed by atoms with van der Waals surface area (Å²) in [5.41, 5.74) is 5.47. The fraction of sp³-hybridized carbons (Fsp3) is 0.957. The number of esters is 1. The second-order valence-electron chi connectivity index (χ2n) is 7.93. The summed E-state index contributed by atoms with van der Waals surface area (Å²) in [6.45, 7) is 4.90. The minimum Gasteiger partial charge on any atom is -0.463 e. The summed E-state index contributed by atoms with van der Waals surface area (Å²) in [5, 5.41) is 0. The SMILES string of the molecule is CCCCCCCCCCCCCCCCCC(=O)OC(C)CCCN. The molecule has 0 aromatic carbocycles. The van der Waals surface area contributed by atoms with Crippen LogP contribution < -0.4 is 5.73 Å². The second kappa shape index (κ2) is 20.7. The fourth-order valence-electron chi connectivity index (χ4n) is 3.39. The van der Waals surface area contributed by atoms with Crippen LogP contribution in [-0.2, 0) is 9.53 Å². The molecule has 1 unspecified atom stereocenters. The molecule has 0 aliphatic rings. The van der Waals surface area contributed by atoms with Gasteiger partial charge < -0.3 is 10.5 Å². The minimum atomic E-state index is -0.0378. The van der Waals surface area contributed by atoms with E-state index in [1.165, 1.54) is 83.5 Å². The van der Waals surface area contributed by atoms with Crippen LogP contribution in [0.5, 0.6) is 0 Å². The molecule has 0 aromatic rings. The van der Waals surface area contributed by atoms with Gasteiger partial charge in [0, 0.05) is 6.42 Å². The van der Waals surface area contributed by atoms with E-state index < -0.39 is 0 Å².